The lowest BCUT2D eigenvalue weighted by atomic mass is 10.1. The molecule has 1 aromatic rings. The first-order chi connectivity index (χ1) is 5.70. The maximum atomic E-state index is 9.47. The summed E-state index contributed by atoms with van der Waals surface area (Å²) < 4.78 is 0. The van der Waals surface area contributed by atoms with Gasteiger partial charge in [-0.15, -0.1) is 17.0 Å². The number of hydrogen-bond donors (Lipinski definition) is 2. The van der Waals surface area contributed by atoms with Gasteiger partial charge < -0.3 is 10.2 Å². The smallest absolute Gasteiger partial charge is 0.142 e. The Morgan fingerprint density at radius 2 is 2.15 bits per heavy atom. The molecule has 0 unspecified atom stereocenters. The van der Waals surface area contributed by atoms with Crippen molar-refractivity contribution in [3.63, 3.8) is 0 Å². The predicted molar refractivity (Wildman–Crippen MR) is 59.5 cm³/mol. The summed E-state index contributed by atoms with van der Waals surface area (Å²) in [6.07, 6.45) is 1.65. The van der Waals surface area contributed by atoms with Gasteiger partial charge >= 0.3 is 0 Å². The van der Waals surface area contributed by atoms with Crippen molar-refractivity contribution >= 4 is 32.9 Å². The van der Waals surface area contributed by atoms with Crippen LogP contribution in [0.5, 0.6) is 5.75 Å². The van der Waals surface area contributed by atoms with Crippen molar-refractivity contribution in [2.75, 3.05) is 0 Å². The molecule has 1 heterocycles. The van der Waals surface area contributed by atoms with Crippen LogP contribution in [0.1, 0.15) is 16.8 Å². The van der Waals surface area contributed by atoms with Gasteiger partial charge in [0.1, 0.15) is 5.75 Å². The van der Waals surface area contributed by atoms with Crippen LogP contribution < -0.4 is 0 Å². The van der Waals surface area contributed by atoms with Crippen molar-refractivity contribution in [3.05, 3.63) is 23.0 Å². The molecular formula is C8H11Br2NO2. The second-order valence-electron chi connectivity index (χ2n) is 2.49. The Morgan fingerprint density at radius 1 is 1.54 bits per heavy atom. The molecule has 1 aromatic heterocycles. The van der Waals surface area contributed by atoms with E-state index < -0.39 is 0 Å². The number of aliphatic hydroxyl groups is 1. The molecular weight excluding hydrogens is 302 g/mol. The van der Waals surface area contributed by atoms with Gasteiger partial charge in [0.2, 0.25) is 0 Å². The third-order valence-corrected chi connectivity index (χ3v) is 2.34. The van der Waals surface area contributed by atoms with E-state index in [1.165, 1.54) is 0 Å². The molecule has 3 nitrogen and oxygen atoms in total. The molecule has 0 saturated heterocycles. The second kappa shape index (κ2) is 5.57. The molecule has 0 atom stereocenters. The van der Waals surface area contributed by atoms with E-state index in [1.54, 1.807) is 13.1 Å². The number of pyridine rings is 1. The molecule has 13 heavy (non-hydrogen) atoms. The summed E-state index contributed by atoms with van der Waals surface area (Å²) in [4.78, 5) is 3.97. The van der Waals surface area contributed by atoms with E-state index in [4.69, 9.17) is 5.11 Å². The molecule has 0 spiro atoms. The lowest BCUT2D eigenvalue weighted by Gasteiger charge is -2.07. The van der Waals surface area contributed by atoms with Gasteiger partial charge in [0.25, 0.3) is 0 Å². The van der Waals surface area contributed by atoms with Crippen LogP contribution in [0.25, 0.3) is 0 Å². The van der Waals surface area contributed by atoms with E-state index >= 15 is 0 Å². The van der Waals surface area contributed by atoms with Crippen molar-refractivity contribution in [2.45, 2.75) is 18.9 Å². The Morgan fingerprint density at radius 3 is 2.62 bits per heavy atom. The lowest BCUT2D eigenvalue weighted by molar-refractivity contribution is 0.274. The second-order valence-corrected chi connectivity index (χ2v) is 3.05. The molecule has 0 fully saturated rings. The zero-order valence-corrected chi connectivity index (χ0v) is 10.4. The standard InChI is InChI=1S/C8H10BrNO2.BrH/c1-5-8(12)7(4-11)6(2-9)3-10-5;/h3,11-12H,2,4H2,1H3;1H. The first kappa shape index (κ1) is 12.9. The van der Waals surface area contributed by atoms with Crippen molar-refractivity contribution in [2.24, 2.45) is 0 Å². The first-order valence-electron chi connectivity index (χ1n) is 3.53. The Balaban J connectivity index is 0.00000144. The first-order valence-corrected chi connectivity index (χ1v) is 4.66. The number of rotatable bonds is 2. The van der Waals surface area contributed by atoms with Crippen LogP contribution in [0.2, 0.25) is 0 Å². The molecule has 0 amide bonds. The molecule has 0 aliphatic heterocycles. The molecule has 0 radical (unpaired) electrons. The van der Waals surface area contributed by atoms with Crippen LogP contribution in [0.4, 0.5) is 0 Å². The average molecular weight is 313 g/mol. The Bertz CT molecular complexity index is 292. The molecule has 0 aliphatic rings. The minimum absolute atomic E-state index is 0. The summed E-state index contributed by atoms with van der Waals surface area (Å²) in [6.45, 7) is 1.54. The van der Waals surface area contributed by atoms with E-state index in [0.717, 1.165) is 5.56 Å². The van der Waals surface area contributed by atoms with Gasteiger partial charge in [-0.2, -0.15) is 0 Å². The summed E-state index contributed by atoms with van der Waals surface area (Å²) in [5.74, 6) is 0.0921. The summed E-state index contributed by atoms with van der Waals surface area (Å²) in [5, 5.41) is 19.0. The predicted octanol–water partition coefficient (Wildman–Crippen LogP) is 2.06. The fourth-order valence-corrected chi connectivity index (χ4v) is 1.46. The molecule has 0 bridgehead atoms. The van der Waals surface area contributed by atoms with Crippen molar-refractivity contribution in [1.82, 2.24) is 4.98 Å². The zero-order chi connectivity index (χ0) is 9.14. The fourth-order valence-electron chi connectivity index (χ4n) is 0.976. The van der Waals surface area contributed by atoms with Crippen molar-refractivity contribution in [1.29, 1.82) is 0 Å². The third-order valence-electron chi connectivity index (χ3n) is 1.73. The molecule has 0 aliphatic carbocycles. The Hall–Kier alpha value is -0.130. The number of halogens is 2. The van der Waals surface area contributed by atoms with Gasteiger partial charge in [-0.25, -0.2) is 0 Å². The molecule has 74 valence electrons. The number of aliphatic hydroxyl groups excluding tert-OH is 1. The minimum atomic E-state index is -0.157. The zero-order valence-electron chi connectivity index (χ0n) is 7.12. The largest absolute Gasteiger partial charge is 0.506 e. The highest BCUT2D eigenvalue weighted by atomic mass is 79.9. The highest BCUT2D eigenvalue weighted by Crippen LogP contribution is 2.24. The Kier molecular flexibility index (Phi) is 5.51. The molecule has 5 heteroatoms. The third kappa shape index (κ3) is 2.65. The topological polar surface area (TPSA) is 53.4 Å². The summed E-state index contributed by atoms with van der Waals surface area (Å²) >= 11 is 3.25. The van der Waals surface area contributed by atoms with Crippen molar-refractivity contribution in [3.8, 4) is 5.75 Å². The highest BCUT2D eigenvalue weighted by Gasteiger charge is 2.08. The van der Waals surface area contributed by atoms with Gasteiger partial charge in [-0.3, -0.25) is 4.98 Å². The van der Waals surface area contributed by atoms with E-state index in [-0.39, 0.29) is 29.3 Å². The van der Waals surface area contributed by atoms with Crippen LogP contribution in [0.15, 0.2) is 6.20 Å². The maximum Gasteiger partial charge on any atom is 0.142 e. The van der Waals surface area contributed by atoms with Gasteiger partial charge in [0.05, 0.1) is 12.3 Å². The summed E-state index contributed by atoms with van der Waals surface area (Å²) in [5.41, 5.74) is 1.92. The number of aromatic hydroxyl groups is 1. The van der Waals surface area contributed by atoms with Gasteiger partial charge in [-0.05, 0) is 12.5 Å². The molecule has 0 aromatic carbocycles. The average Bonchev–Trinajstić information content (AvgIpc) is 2.09. The molecule has 1 rings (SSSR count). The van der Waals surface area contributed by atoms with E-state index in [0.29, 0.717) is 16.6 Å². The van der Waals surface area contributed by atoms with Crippen LogP contribution >= 0.6 is 32.9 Å². The number of alkyl halides is 1. The van der Waals surface area contributed by atoms with Crippen LogP contribution in [-0.2, 0) is 11.9 Å². The number of hydrogen-bond acceptors (Lipinski definition) is 3. The lowest BCUT2D eigenvalue weighted by Crippen LogP contribution is -1.96. The van der Waals surface area contributed by atoms with E-state index in [9.17, 15) is 5.11 Å². The number of aryl methyl sites for hydroxylation is 1. The van der Waals surface area contributed by atoms with Gasteiger partial charge in [0.15, 0.2) is 0 Å². The molecule has 2 N–H and O–H groups in total. The SMILES string of the molecule is Br.Cc1ncc(CBr)c(CO)c1O. The normalized spacial score (nSPS) is 9.46. The van der Waals surface area contributed by atoms with Crippen LogP contribution in [0, 0.1) is 6.92 Å². The van der Waals surface area contributed by atoms with Gasteiger partial charge in [0, 0.05) is 17.1 Å². The van der Waals surface area contributed by atoms with Crippen LogP contribution in [-0.4, -0.2) is 15.2 Å². The fraction of sp³-hybridized carbons (Fsp3) is 0.375. The monoisotopic (exact) mass is 311 g/mol. The summed E-state index contributed by atoms with van der Waals surface area (Å²) in [6, 6.07) is 0. The maximum absolute atomic E-state index is 9.47. The number of aromatic nitrogens is 1. The van der Waals surface area contributed by atoms with Crippen LogP contribution in [0.3, 0.4) is 0 Å². The summed E-state index contributed by atoms with van der Waals surface area (Å²) in [7, 11) is 0. The quantitative estimate of drug-likeness (QED) is 0.822. The van der Waals surface area contributed by atoms with E-state index in [2.05, 4.69) is 20.9 Å². The van der Waals surface area contributed by atoms with E-state index in [1.807, 2.05) is 0 Å². The minimum Gasteiger partial charge on any atom is -0.506 e. The number of nitrogens with zero attached hydrogens (tertiary/aromatic N) is 1. The highest BCUT2D eigenvalue weighted by molar-refractivity contribution is 9.08. The molecule has 0 saturated carbocycles. The Labute approximate surface area is 95.7 Å². The van der Waals surface area contributed by atoms with Crippen molar-refractivity contribution < 1.29 is 10.2 Å². The van der Waals surface area contributed by atoms with Gasteiger partial charge in [-0.1, -0.05) is 15.9 Å².